The molecule has 2 atom stereocenters. The Morgan fingerprint density at radius 1 is 1.50 bits per heavy atom. The second-order valence-electron chi connectivity index (χ2n) is 4.51. The maximum Gasteiger partial charge on any atom is 0.234 e. The fourth-order valence-electron chi connectivity index (χ4n) is 2.10. The van der Waals surface area contributed by atoms with E-state index >= 15 is 0 Å². The van der Waals surface area contributed by atoms with Crippen molar-refractivity contribution in [3.63, 3.8) is 0 Å². The summed E-state index contributed by atoms with van der Waals surface area (Å²) in [5.41, 5.74) is 1.90. The van der Waals surface area contributed by atoms with E-state index in [-0.39, 0.29) is 12.3 Å². The predicted octanol–water partition coefficient (Wildman–Crippen LogP) is 2.82. The summed E-state index contributed by atoms with van der Waals surface area (Å²) >= 11 is 0. The lowest BCUT2D eigenvalue weighted by Crippen LogP contribution is -2.37. The van der Waals surface area contributed by atoms with Crippen LogP contribution in [0, 0.1) is 11.3 Å². The van der Waals surface area contributed by atoms with Crippen LogP contribution < -0.4 is 0 Å². The van der Waals surface area contributed by atoms with Crippen LogP contribution >= 0.6 is 0 Å². The minimum atomic E-state index is -0.723. The lowest BCUT2D eigenvalue weighted by Gasteiger charge is -2.34. The monoisotopic (exact) mass is 244 g/mol. The third kappa shape index (κ3) is 2.52. The molecule has 0 spiro atoms. The average molecular weight is 244 g/mol. The van der Waals surface area contributed by atoms with Crippen molar-refractivity contribution in [2.24, 2.45) is 5.16 Å². The zero-order valence-electron chi connectivity index (χ0n) is 10.6. The SMILES string of the molecule is CO[C@]1(C)C[C@@H](c2ccccc2)C(CC#N)=NO1. The lowest BCUT2D eigenvalue weighted by molar-refractivity contribution is -0.221. The van der Waals surface area contributed by atoms with Crippen LogP contribution in [0.5, 0.6) is 0 Å². The molecule has 0 aliphatic carbocycles. The maximum absolute atomic E-state index is 8.85. The normalized spacial score (nSPS) is 26.9. The highest BCUT2D eigenvalue weighted by atomic mass is 16.8. The van der Waals surface area contributed by atoms with E-state index in [4.69, 9.17) is 14.8 Å². The van der Waals surface area contributed by atoms with E-state index in [0.29, 0.717) is 6.42 Å². The molecule has 1 aromatic carbocycles. The number of ether oxygens (including phenoxy) is 1. The molecule has 18 heavy (non-hydrogen) atoms. The van der Waals surface area contributed by atoms with Gasteiger partial charge in [0.2, 0.25) is 5.79 Å². The number of nitriles is 1. The van der Waals surface area contributed by atoms with Gasteiger partial charge in [0, 0.05) is 26.4 Å². The number of benzene rings is 1. The van der Waals surface area contributed by atoms with E-state index in [0.717, 1.165) is 11.3 Å². The van der Waals surface area contributed by atoms with Crippen LogP contribution in [-0.2, 0) is 9.57 Å². The molecule has 1 heterocycles. The van der Waals surface area contributed by atoms with E-state index in [2.05, 4.69) is 11.2 Å². The Morgan fingerprint density at radius 3 is 2.83 bits per heavy atom. The van der Waals surface area contributed by atoms with Crippen molar-refractivity contribution in [1.82, 2.24) is 0 Å². The van der Waals surface area contributed by atoms with Crippen LogP contribution in [-0.4, -0.2) is 18.6 Å². The number of oxime groups is 1. The molecule has 0 saturated carbocycles. The Morgan fingerprint density at radius 2 is 2.22 bits per heavy atom. The topological polar surface area (TPSA) is 54.6 Å². The van der Waals surface area contributed by atoms with Gasteiger partial charge < -0.3 is 9.57 Å². The molecular weight excluding hydrogens is 228 g/mol. The van der Waals surface area contributed by atoms with E-state index < -0.39 is 5.79 Å². The van der Waals surface area contributed by atoms with Gasteiger partial charge in [0.1, 0.15) is 0 Å². The highest BCUT2D eigenvalue weighted by Crippen LogP contribution is 2.35. The molecule has 0 radical (unpaired) electrons. The first-order valence-corrected chi connectivity index (χ1v) is 5.90. The van der Waals surface area contributed by atoms with Gasteiger partial charge in [-0.1, -0.05) is 35.5 Å². The zero-order chi connectivity index (χ0) is 13.0. The molecule has 0 bridgehead atoms. The minimum absolute atomic E-state index is 0.0737. The van der Waals surface area contributed by atoms with E-state index in [1.807, 2.05) is 37.3 Å². The Balaban J connectivity index is 2.32. The number of methoxy groups -OCH3 is 1. The summed E-state index contributed by atoms with van der Waals surface area (Å²) in [5.74, 6) is -0.649. The fraction of sp³-hybridized carbons (Fsp3) is 0.429. The summed E-state index contributed by atoms with van der Waals surface area (Å²) in [7, 11) is 1.60. The minimum Gasteiger partial charge on any atom is -0.361 e. The highest BCUT2D eigenvalue weighted by molar-refractivity contribution is 5.92. The Kier molecular flexibility index (Phi) is 3.63. The summed E-state index contributed by atoms with van der Waals surface area (Å²) in [5, 5.41) is 12.9. The molecule has 0 fully saturated rings. The molecule has 0 saturated heterocycles. The van der Waals surface area contributed by atoms with Gasteiger partial charge in [-0.25, -0.2) is 0 Å². The van der Waals surface area contributed by atoms with Crippen LogP contribution in [0.3, 0.4) is 0 Å². The summed E-state index contributed by atoms with van der Waals surface area (Å²) in [6, 6.07) is 12.2. The molecule has 0 N–H and O–H groups in total. The van der Waals surface area contributed by atoms with Gasteiger partial charge >= 0.3 is 0 Å². The van der Waals surface area contributed by atoms with Crippen molar-refractivity contribution in [3.8, 4) is 6.07 Å². The van der Waals surface area contributed by atoms with Gasteiger partial charge in [-0.2, -0.15) is 5.26 Å². The third-order valence-corrected chi connectivity index (χ3v) is 3.23. The van der Waals surface area contributed by atoms with Crippen molar-refractivity contribution in [2.45, 2.75) is 31.5 Å². The van der Waals surface area contributed by atoms with Crippen LogP contribution in [0.1, 0.15) is 31.2 Å². The van der Waals surface area contributed by atoms with Crippen LogP contribution in [0.25, 0.3) is 0 Å². The summed E-state index contributed by atoms with van der Waals surface area (Å²) in [6.45, 7) is 1.86. The first-order valence-electron chi connectivity index (χ1n) is 5.90. The fourth-order valence-corrected chi connectivity index (χ4v) is 2.10. The molecule has 1 aliphatic heterocycles. The van der Waals surface area contributed by atoms with Gasteiger partial charge in [0.15, 0.2) is 0 Å². The van der Waals surface area contributed by atoms with Gasteiger partial charge in [-0.15, -0.1) is 0 Å². The molecule has 1 aromatic rings. The number of nitrogens with zero attached hydrogens (tertiary/aromatic N) is 2. The third-order valence-electron chi connectivity index (χ3n) is 3.23. The smallest absolute Gasteiger partial charge is 0.234 e. The molecule has 1 aliphatic rings. The first kappa shape index (κ1) is 12.6. The summed E-state index contributed by atoms with van der Waals surface area (Å²) in [6.07, 6.45) is 0.938. The standard InChI is InChI=1S/C14H16N2O2/c1-14(17-2)10-12(11-6-4-3-5-7-11)13(8-9-15)16-18-14/h3-7,12H,8,10H2,1-2H3/t12-,14-/m0/s1. The largest absolute Gasteiger partial charge is 0.361 e. The second kappa shape index (κ2) is 5.19. The first-order chi connectivity index (χ1) is 8.68. The summed E-state index contributed by atoms with van der Waals surface area (Å²) < 4.78 is 5.34. The van der Waals surface area contributed by atoms with E-state index in [9.17, 15) is 0 Å². The summed E-state index contributed by atoms with van der Waals surface area (Å²) in [4.78, 5) is 5.35. The molecule has 0 aromatic heterocycles. The van der Waals surface area contributed by atoms with E-state index in [1.165, 1.54) is 0 Å². The van der Waals surface area contributed by atoms with Crippen molar-refractivity contribution in [3.05, 3.63) is 35.9 Å². The lowest BCUT2D eigenvalue weighted by atomic mass is 9.86. The maximum atomic E-state index is 8.85. The number of rotatable bonds is 3. The Bertz CT molecular complexity index is 478. The van der Waals surface area contributed by atoms with Crippen molar-refractivity contribution in [1.29, 1.82) is 5.26 Å². The molecule has 0 unspecified atom stereocenters. The molecule has 2 rings (SSSR count). The van der Waals surface area contributed by atoms with E-state index in [1.54, 1.807) is 7.11 Å². The van der Waals surface area contributed by atoms with Crippen LogP contribution in [0.2, 0.25) is 0 Å². The molecule has 4 nitrogen and oxygen atoms in total. The number of hydrogen-bond acceptors (Lipinski definition) is 4. The number of hydrogen-bond donors (Lipinski definition) is 0. The van der Waals surface area contributed by atoms with Gasteiger partial charge in [0.25, 0.3) is 0 Å². The van der Waals surface area contributed by atoms with Gasteiger partial charge in [-0.05, 0) is 5.56 Å². The molecule has 4 heteroatoms. The quantitative estimate of drug-likeness (QED) is 0.821. The van der Waals surface area contributed by atoms with Crippen molar-refractivity contribution < 1.29 is 9.57 Å². The van der Waals surface area contributed by atoms with Gasteiger partial charge in [0.05, 0.1) is 18.2 Å². The highest BCUT2D eigenvalue weighted by Gasteiger charge is 2.37. The molecular formula is C14H16N2O2. The van der Waals surface area contributed by atoms with Gasteiger partial charge in [-0.3, -0.25) is 0 Å². The second-order valence-corrected chi connectivity index (χ2v) is 4.51. The average Bonchev–Trinajstić information content (AvgIpc) is 2.42. The zero-order valence-corrected chi connectivity index (χ0v) is 10.6. The van der Waals surface area contributed by atoms with Crippen LogP contribution in [0.15, 0.2) is 35.5 Å². The Labute approximate surface area is 107 Å². The van der Waals surface area contributed by atoms with Crippen molar-refractivity contribution >= 4 is 5.71 Å². The molecule has 94 valence electrons. The molecule has 0 amide bonds. The predicted molar refractivity (Wildman–Crippen MR) is 68.0 cm³/mol. The Hall–Kier alpha value is -1.86. The van der Waals surface area contributed by atoms with Crippen molar-refractivity contribution in [2.75, 3.05) is 7.11 Å². The van der Waals surface area contributed by atoms with Crippen LogP contribution in [0.4, 0.5) is 0 Å².